The van der Waals surface area contributed by atoms with Crippen molar-refractivity contribution in [1.82, 2.24) is 9.80 Å². The molecule has 0 aliphatic rings. The van der Waals surface area contributed by atoms with Crippen molar-refractivity contribution in [3.63, 3.8) is 0 Å². The van der Waals surface area contributed by atoms with Gasteiger partial charge in [0.15, 0.2) is 11.6 Å². The number of halogens is 2. The predicted molar refractivity (Wildman–Crippen MR) is 65.9 cm³/mol. The van der Waals surface area contributed by atoms with Gasteiger partial charge in [-0.25, -0.2) is 8.78 Å². The van der Waals surface area contributed by atoms with Crippen molar-refractivity contribution in [1.29, 1.82) is 0 Å². The van der Waals surface area contributed by atoms with Crippen molar-refractivity contribution in [3.8, 4) is 0 Å². The number of hydrogen-bond donors (Lipinski definition) is 0. The fourth-order valence-corrected chi connectivity index (χ4v) is 1.59. The number of likely N-dealkylation sites (N-methyl/N-ethyl adjacent to an activating group) is 2. The number of hydrogen-bond acceptors (Lipinski definition) is 2. The summed E-state index contributed by atoms with van der Waals surface area (Å²) >= 11 is 0. The van der Waals surface area contributed by atoms with Crippen LogP contribution in [0.1, 0.15) is 12.5 Å². The Labute approximate surface area is 102 Å². The first-order valence-electron chi connectivity index (χ1n) is 5.84. The van der Waals surface area contributed by atoms with E-state index in [0.29, 0.717) is 6.54 Å². The van der Waals surface area contributed by atoms with Gasteiger partial charge >= 0.3 is 0 Å². The first kappa shape index (κ1) is 14.1. The lowest BCUT2D eigenvalue weighted by Gasteiger charge is -2.22. The molecule has 0 amide bonds. The molecule has 0 unspecified atom stereocenters. The second-order valence-electron chi connectivity index (χ2n) is 4.42. The van der Waals surface area contributed by atoms with E-state index in [1.165, 1.54) is 12.1 Å². The lowest BCUT2D eigenvalue weighted by atomic mass is 10.2. The Kier molecular flexibility index (Phi) is 5.51. The van der Waals surface area contributed by atoms with Gasteiger partial charge in [0.1, 0.15) is 0 Å². The summed E-state index contributed by atoms with van der Waals surface area (Å²) in [5, 5.41) is 0. The Morgan fingerprint density at radius 3 is 2.29 bits per heavy atom. The summed E-state index contributed by atoms with van der Waals surface area (Å²) in [6.07, 6.45) is 0. The lowest BCUT2D eigenvalue weighted by Crippen LogP contribution is -2.31. The molecule has 0 N–H and O–H groups in total. The van der Waals surface area contributed by atoms with Crippen LogP contribution in [0.2, 0.25) is 0 Å². The minimum atomic E-state index is -0.787. The maximum absolute atomic E-state index is 13.0. The zero-order valence-corrected chi connectivity index (χ0v) is 10.7. The average molecular weight is 242 g/mol. The van der Waals surface area contributed by atoms with Crippen LogP contribution in [0.4, 0.5) is 8.78 Å². The number of benzene rings is 1. The van der Waals surface area contributed by atoms with E-state index >= 15 is 0 Å². The van der Waals surface area contributed by atoms with E-state index in [1.807, 2.05) is 14.1 Å². The Balaban J connectivity index is 2.57. The molecule has 1 rings (SSSR count). The second-order valence-corrected chi connectivity index (χ2v) is 4.42. The summed E-state index contributed by atoms with van der Waals surface area (Å²) in [6.45, 7) is 5.49. The van der Waals surface area contributed by atoms with Crippen LogP contribution in [0.25, 0.3) is 0 Å². The van der Waals surface area contributed by atoms with Crippen LogP contribution in [-0.2, 0) is 6.54 Å². The molecular formula is C13H20F2N2. The summed E-state index contributed by atoms with van der Waals surface area (Å²) < 4.78 is 25.8. The van der Waals surface area contributed by atoms with Gasteiger partial charge in [0.05, 0.1) is 0 Å². The van der Waals surface area contributed by atoms with Gasteiger partial charge in [-0.1, -0.05) is 13.0 Å². The van der Waals surface area contributed by atoms with Crippen LogP contribution >= 0.6 is 0 Å². The molecule has 0 saturated heterocycles. The van der Waals surface area contributed by atoms with Gasteiger partial charge in [0.2, 0.25) is 0 Å². The summed E-state index contributed by atoms with van der Waals surface area (Å²) in [5.74, 6) is -1.56. The molecule has 1 aromatic rings. The van der Waals surface area contributed by atoms with Crippen molar-refractivity contribution in [2.45, 2.75) is 13.5 Å². The van der Waals surface area contributed by atoms with Gasteiger partial charge in [0.25, 0.3) is 0 Å². The monoisotopic (exact) mass is 242 g/mol. The minimum Gasteiger partial charge on any atom is -0.308 e. The normalized spacial score (nSPS) is 11.5. The van der Waals surface area contributed by atoms with Gasteiger partial charge < -0.3 is 4.90 Å². The molecular weight excluding hydrogens is 222 g/mol. The Hall–Kier alpha value is -1.00. The van der Waals surface area contributed by atoms with Gasteiger partial charge in [-0.3, -0.25) is 4.90 Å². The van der Waals surface area contributed by atoms with Crippen LogP contribution in [0.3, 0.4) is 0 Å². The van der Waals surface area contributed by atoms with Crippen LogP contribution < -0.4 is 0 Å². The highest BCUT2D eigenvalue weighted by atomic mass is 19.2. The molecule has 0 bridgehead atoms. The lowest BCUT2D eigenvalue weighted by molar-refractivity contribution is 0.244. The Morgan fingerprint density at radius 1 is 1.06 bits per heavy atom. The molecule has 17 heavy (non-hydrogen) atoms. The molecule has 0 spiro atoms. The van der Waals surface area contributed by atoms with Gasteiger partial charge in [-0.15, -0.1) is 0 Å². The highest BCUT2D eigenvalue weighted by Gasteiger charge is 2.07. The third-order valence-electron chi connectivity index (χ3n) is 2.70. The van der Waals surface area contributed by atoms with E-state index in [4.69, 9.17) is 0 Å². The van der Waals surface area contributed by atoms with E-state index in [1.54, 1.807) is 6.07 Å². The van der Waals surface area contributed by atoms with Gasteiger partial charge in [-0.2, -0.15) is 0 Å². The van der Waals surface area contributed by atoms with Crippen LogP contribution in [0.15, 0.2) is 18.2 Å². The van der Waals surface area contributed by atoms with Crippen LogP contribution in [0, 0.1) is 11.6 Å². The highest BCUT2D eigenvalue weighted by Crippen LogP contribution is 2.10. The molecule has 0 aromatic heterocycles. The molecule has 0 heterocycles. The zero-order valence-electron chi connectivity index (χ0n) is 10.7. The smallest absolute Gasteiger partial charge is 0.159 e. The SMILES string of the molecule is CCN(CCN(C)C)Cc1ccc(F)c(F)c1. The maximum atomic E-state index is 13.0. The van der Waals surface area contributed by atoms with E-state index in [9.17, 15) is 8.78 Å². The number of rotatable bonds is 6. The van der Waals surface area contributed by atoms with Crippen molar-refractivity contribution < 1.29 is 8.78 Å². The Morgan fingerprint density at radius 2 is 1.76 bits per heavy atom. The molecule has 0 fully saturated rings. The third kappa shape index (κ3) is 4.79. The minimum absolute atomic E-state index is 0.654. The van der Waals surface area contributed by atoms with Crippen LogP contribution in [0.5, 0.6) is 0 Å². The quantitative estimate of drug-likeness (QED) is 0.755. The second kappa shape index (κ2) is 6.67. The van der Waals surface area contributed by atoms with E-state index < -0.39 is 11.6 Å². The summed E-state index contributed by atoms with van der Waals surface area (Å²) in [5.41, 5.74) is 0.810. The summed E-state index contributed by atoms with van der Waals surface area (Å²) in [7, 11) is 4.04. The largest absolute Gasteiger partial charge is 0.308 e. The molecule has 4 heteroatoms. The first-order chi connectivity index (χ1) is 8.02. The topological polar surface area (TPSA) is 6.48 Å². The average Bonchev–Trinajstić information content (AvgIpc) is 2.28. The molecule has 0 radical (unpaired) electrons. The fourth-order valence-electron chi connectivity index (χ4n) is 1.59. The summed E-state index contributed by atoms with van der Waals surface area (Å²) in [4.78, 5) is 4.31. The standard InChI is InChI=1S/C13H20F2N2/c1-4-17(8-7-16(2)3)10-11-5-6-12(14)13(15)9-11/h5-6,9H,4,7-8,10H2,1-3H3. The first-order valence-corrected chi connectivity index (χ1v) is 5.84. The van der Waals surface area contributed by atoms with E-state index in [2.05, 4.69) is 16.7 Å². The highest BCUT2D eigenvalue weighted by molar-refractivity contribution is 5.17. The van der Waals surface area contributed by atoms with E-state index in [0.717, 1.165) is 25.2 Å². The molecule has 1 aromatic carbocycles. The Bertz CT molecular complexity index is 353. The number of nitrogens with zero attached hydrogens (tertiary/aromatic N) is 2. The predicted octanol–water partition coefficient (Wildman–Crippen LogP) is 2.35. The fraction of sp³-hybridized carbons (Fsp3) is 0.538. The van der Waals surface area contributed by atoms with E-state index in [-0.39, 0.29) is 0 Å². The molecule has 0 aliphatic carbocycles. The molecule has 0 atom stereocenters. The van der Waals surface area contributed by atoms with Crippen molar-refractivity contribution >= 4 is 0 Å². The molecule has 0 saturated carbocycles. The third-order valence-corrected chi connectivity index (χ3v) is 2.70. The maximum Gasteiger partial charge on any atom is 0.159 e. The van der Waals surface area contributed by atoms with Crippen LogP contribution in [-0.4, -0.2) is 43.5 Å². The van der Waals surface area contributed by atoms with Crippen molar-refractivity contribution in [2.75, 3.05) is 33.7 Å². The van der Waals surface area contributed by atoms with Gasteiger partial charge in [-0.05, 0) is 38.3 Å². The molecule has 0 aliphatic heterocycles. The molecule has 96 valence electrons. The summed E-state index contributed by atoms with van der Waals surface area (Å²) in [6, 6.07) is 4.09. The van der Waals surface area contributed by atoms with Crippen molar-refractivity contribution in [3.05, 3.63) is 35.4 Å². The van der Waals surface area contributed by atoms with Gasteiger partial charge in [0, 0.05) is 19.6 Å². The zero-order chi connectivity index (χ0) is 12.8. The molecule has 2 nitrogen and oxygen atoms in total. The van der Waals surface area contributed by atoms with Crippen molar-refractivity contribution in [2.24, 2.45) is 0 Å².